The molecule has 7 N–H and O–H groups in total. The highest BCUT2D eigenvalue weighted by atomic mass is 16.7. The maximum Gasteiger partial charge on any atom is 0.306 e. The zero-order chi connectivity index (χ0) is 51.0. The van der Waals surface area contributed by atoms with Gasteiger partial charge in [0.2, 0.25) is 0 Å². The molecule has 0 saturated carbocycles. The van der Waals surface area contributed by atoms with Crippen molar-refractivity contribution >= 4 is 11.9 Å². The molecule has 15 nitrogen and oxygen atoms in total. The van der Waals surface area contributed by atoms with Crippen molar-refractivity contribution in [2.45, 2.75) is 300 Å². The molecule has 2 heterocycles. The summed E-state index contributed by atoms with van der Waals surface area (Å²) in [5, 5.41) is 72.2. The van der Waals surface area contributed by atoms with Gasteiger partial charge in [-0.15, -0.1) is 0 Å². The van der Waals surface area contributed by atoms with Crippen molar-refractivity contribution in [2.75, 3.05) is 26.4 Å². The van der Waals surface area contributed by atoms with E-state index in [4.69, 9.17) is 28.4 Å². The Hall–Kier alpha value is -1.76. The minimum Gasteiger partial charge on any atom is -0.462 e. The van der Waals surface area contributed by atoms with Gasteiger partial charge in [-0.2, -0.15) is 0 Å². The van der Waals surface area contributed by atoms with Gasteiger partial charge >= 0.3 is 11.9 Å². The summed E-state index contributed by atoms with van der Waals surface area (Å²) < 4.78 is 33.7. The third-order valence-corrected chi connectivity index (χ3v) is 13.7. The standard InChI is InChI=1S/C55H102O15/c1-3-5-7-9-11-13-15-17-19-21-23-25-27-29-31-33-35-37-46(57)65-40-43(68-47(58)38-36-34-32-30-28-26-24-22-20-18-16-14-12-10-8-6-4-2)41-66-54-53(64)51(62)49(60)45(70-54)42-67-55-52(63)50(61)48(59)44(39-56)69-55/h13,15,43-45,48-56,59-64H,3-12,14,16-42H2,1-2H3/b15-13+/t43-,44+,45+,48-,49-,50?,51?,52?,53?,54+,55+/m0/s1. The number of carbonyl (C=O) groups excluding carboxylic acids is 2. The smallest absolute Gasteiger partial charge is 0.306 e. The number of hydrogen-bond acceptors (Lipinski definition) is 15. The van der Waals surface area contributed by atoms with E-state index in [0.717, 1.165) is 38.5 Å². The van der Waals surface area contributed by atoms with E-state index in [-0.39, 0.29) is 26.1 Å². The van der Waals surface area contributed by atoms with Crippen molar-refractivity contribution in [3.63, 3.8) is 0 Å². The summed E-state index contributed by atoms with van der Waals surface area (Å²) in [6, 6.07) is 0. The highest BCUT2D eigenvalue weighted by Gasteiger charge is 2.47. The molecule has 15 heteroatoms. The highest BCUT2D eigenvalue weighted by Crippen LogP contribution is 2.27. The molecule has 2 fully saturated rings. The average molecular weight is 1000 g/mol. The fraction of sp³-hybridized carbons (Fsp3) is 0.927. The van der Waals surface area contributed by atoms with Gasteiger partial charge in [0.1, 0.15) is 55.4 Å². The summed E-state index contributed by atoms with van der Waals surface area (Å²) in [6.07, 6.45) is 26.6. The summed E-state index contributed by atoms with van der Waals surface area (Å²) in [5.74, 6) is -0.913. The van der Waals surface area contributed by atoms with Gasteiger partial charge in [0.25, 0.3) is 0 Å². The minimum absolute atomic E-state index is 0.171. The molecule has 2 aliphatic heterocycles. The summed E-state index contributed by atoms with van der Waals surface area (Å²) >= 11 is 0. The Labute approximate surface area is 422 Å². The number of aliphatic hydroxyl groups is 7. The van der Waals surface area contributed by atoms with E-state index in [0.29, 0.717) is 12.8 Å². The SMILES string of the molecule is CCCCCC/C=C/CCCCCCCCCCCC(=O)OC[C@@H](CO[C@@H]1O[C@H](CO[C@@H]2O[C@H](CO)[C@H](O)C(O)C2O)[C@H](O)C(O)C1O)OC(=O)CCCCCCCCCCCCCCCCCCC. The van der Waals surface area contributed by atoms with E-state index in [9.17, 15) is 45.3 Å². The van der Waals surface area contributed by atoms with Crippen molar-refractivity contribution in [2.24, 2.45) is 0 Å². The van der Waals surface area contributed by atoms with Crippen LogP contribution in [0.5, 0.6) is 0 Å². The van der Waals surface area contributed by atoms with E-state index in [1.54, 1.807) is 0 Å². The van der Waals surface area contributed by atoms with Crippen molar-refractivity contribution in [1.29, 1.82) is 0 Å². The largest absolute Gasteiger partial charge is 0.462 e. The summed E-state index contributed by atoms with van der Waals surface area (Å²) in [6.45, 7) is 2.62. The zero-order valence-electron chi connectivity index (χ0n) is 43.8. The second-order valence-electron chi connectivity index (χ2n) is 20.1. The van der Waals surface area contributed by atoms with Crippen LogP contribution in [-0.4, -0.2) is 142 Å². The topological polar surface area (TPSA) is 231 Å². The molecule has 70 heavy (non-hydrogen) atoms. The molecule has 412 valence electrons. The van der Waals surface area contributed by atoms with Gasteiger partial charge < -0.3 is 64.2 Å². The van der Waals surface area contributed by atoms with E-state index in [1.807, 2.05) is 0 Å². The van der Waals surface area contributed by atoms with E-state index in [2.05, 4.69) is 26.0 Å². The number of allylic oxidation sites excluding steroid dienone is 2. The quantitative estimate of drug-likeness (QED) is 0.0172. The molecule has 0 aromatic rings. The molecule has 2 saturated heterocycles. The lowest BCUT2D eigenvalue weighted by atomic mass is 9.98. The van der Waals surface area contributed by atoms with Crippen LogP contribution in [-0.2, 0) is 38.0 Å². The van der Waals surface area contributed by atoms with E-state index >= 15 is 0 Å². The highest BCUT2D eigenvalue weighted by molar-refractivity contribution is 5.70. The molecular formula is C55H102O15. The number of unbranched alkanes of at least 4 members (excludes halogenated alkanes) is 29. The first kappa shape index (κ1) is 64.4. The van der Waals surface area contributed by atoms with Crippen LogP contribution in [0.15, 0.2) is 12.2 Å². The fourth-order valence-corrected chi connectivity index (χ4v) is 9.10. The van der Waals surface area contributed by atoms with Crippen LogP contribution >= 0.6 is 0 Å². The second-order valence-corrected chi connectivity index (χ2v) is 20.1. The monoisotopic (exact) mass is 1000 g/mol. The van der Waals surface area contributed by atoms with Crippen molar-refractivity contribution in [3.05, 3.63) is 12.2 Å². The molecule has 0 aromatic heterocycles. The van der Waals surface area contributed by atoms with Crippen LogP contribution in [0.25, 0.3) is 0 Å². The Morgan fingerprint density at radius 2 is 0.814 bits per heavy atom. The predicted molar refractivity (Wildman–Crippen MR) is 271 cm³/mol. The zero-order valence-corrected chi connectivity index (χ0v) is 43.8. The van der Waals surface area contributed by atoms with Crippen LogP contribution in [0.1, 0.15) is 232 Å². The van der Waals surface area contributed by atoms with Gasteiger partial charge in [0, 0.05) is 12.8 Å². The number of hydrogen-bond donors (Lipinski definition) is 7. The Kier molecular flexibility index (Phi) is 39.1. The Morgan fingerprint density at radius 1 is 0.443 bits per heavy atom. The lowest BCUT2D eigenvalue weighted by Crippen LogP contribution is -2.61. The van der Waals surface area contributed by atoms with Crippen molar-refractivity contribution in [1.82, 2.24) is 0 Å². The molecule has 4 unspecified atom stereocenters. The Bertz CT molecular complexity index is 1270. The maximum atomic E-state index is 13.0. The summed E-state index contributed by atoms with van der Waals surface area (Å²) in [5.41, 5.74) is 0. The first-order valence-electron chi connectivity index (χ1n) is 28.3. The van der Waals surface area contributed by atoms with Crippen LogP contribution in [0.3, 0.4) is 0 Å². The number of carbonyl (C=O) groups is 2. The number of esters is 2. The first-order chi connectivity index (χ1) is 34.0. The second kappa shape index (κ2) is 42.6. The van der Waals surface area contributed by atoms with Gasteiger partial charge in [-0.05, 0) is 38.5 Å². The third-order valence-electron chi connectivity index (χ3n) is 13.7. The Morgan fingerprint density at radius 3 is 1.27 bits per heavy atom. The number of ether oxygens (including phenoxy) is 6. The van der Waals surface area contributed by atoms with Crippen LogP contribution in [0, 0.1) is 0 Å². The van der Waals surface area contributed by atoms with Gasteiger partial charge in [-0.25, -0.2) is 0 Å². The molecule has 0 aliphatic carbocycles. The predicted octanol–water partition coefficient (Wildman–Crippen LogP) is 8.94. The molecular weight excluding hydrogens is 901 g/mol. The maximum absolute atomic E-state index is 13.0. The van der Waals surface area contributed by atoms with Crippen LogP contribution < -0.4 is 0 Å². The molecule has 0 aromatic carbocycles. The molecule has 0 amide bonds. The van der Waals surface area contributed by atoms with E-state index in [1.165, 1.54) is 154 Å². The Balaban J connectivity index is 1.76. The number of rotatable bonds is 45. The fourth-order valence-electron chi connectivity index (χ4n) is 9.10. The molecule has 2 aliphatic rings. The summed E-state index contributed by atoms with van der Waals surface area (Å²) in [7, 11) is 0. The molecule has 0 bridgehead atoms. The minimum atomic E-state index is -1.76. The van der Waals surface area contributed by atoms with Crippen LogP contribution in [0.4, 0.5) is 0 Å². The normalized spacial score (nSPS) is 25.4. The summed E-state index contributed by atoms with van der Waals surface area (Å²) in [4.78, 5) is 25.8. The average Bonchev–Trinajstić information content (AvgIpc) is 3.35. The van der Waals surface area contributed by atoms with Gasteiger partial charge in [0.05, 0.1) is 19.8 Å². The lowest BCUT2D eigenvalue weighted by molar-refractivity contribution is -0.332. The van der Waals surface area contributed by atoms with Gasteiger partial charge in [-0.3, -0.25) is 9.59 Å². The molecule has 0 radical (unpaired) electrons. The molecule has 11 atom stereocenters. The van der Waals surface area contributed by atoms with Crippen molar-refractivity contribution < 1.29 is 73.8 Å². The van der Waals surface area contributed by atoms with E-state index < -0.39 is 92.7 Å². The van der Waals surface area contributed by atoms with Gasteiger partial charge in [0.15, 0.2) is 18.7 Å². The van der Waals surface area contributed by atoms with Crippen molar-refractivity contribution in [3.8, 4) is 0 Å². The van der Waals surface area contributed by atoms with Gasteiger partial charge in [-0.1, -0.05) is 193 Å². The lowest BCUT2D eigenvalue weighted by Gasteiger charge is -2.42. The molecule has 2 rings (SSSR count). The molecule has 0 spiro atoms. The van der Waals surface area contributed by atoms with Crippen LogP contribution in [0.2, 0.25) is 0 Å². The third kappa shape index (κ3) is 29.8. The number of aliphatic hydroxyl groups excluding tert-OH is 7. The first-order valence-corrected chi connectivity index (χ1v) is 28.3.